The number of rotatable bonds is 16. The van der Waals surface area contributed by atoms with Gasteiger partial charge < -0.3 is 22.5 Å². The van der Waals surface area contributed by atoms with Gasteiger partial charge in [0.15, 0.2) is 11.7 Å². The van der Waals surface area contributed by atoms with Gasteiger partial charge in [-0.1, -0.05) is 67.9 Å². The zero-order valence-electron chi connectivity index (χ0n) is 20.6. The Bertz CT molecular complexity index is 1120. The fourth-order valence-electron chi connectivity index (χ4n) is 3.73. The Morgan fingerprint density at radius 3 is 2.22 bits per heavy atom. The molecule has 11 heteroatoms. The SMILES string of the molecule is CCC[C@H](NCc1ccc(C(=N)N)cc1)C(=O)[C@@H](CCCN=C(N)N)NS(=O)(=O)Cc1ccccc1. The number of nitrogens with zero attached hydrogens (tertiary/aromatic N) is 1. The molecule has 2 atom stereocenters. The maximum absolute atomic E-state index is 13.5. The molecule has 2 aromatic rings. The fraction of sp³-hybridized carbons (Fsp3) is 0.400. The molecule has 10 nitrogen and oxygen atoms in total. The van der Waals surface area contributed by atoms with E-state index in [4.69, 9.17) is 22.6 Å². The van der Waals surface area contributed by atoms with Crippen LogP contribution < -0.4 is 27.2 Å². The van der Waals surface area contributed by atoms with Gasteiger partial charge in [0.2, 0.25) is 10.0 Å². The molecule has 0 bridgehead atoms. The molecule has 0 saturated carbocycles. The lowest BCUT2D eigenvalue weighted by molar-refractivity contribution is -0.123. The molecule has 2 aromatic carbocycles. The minimum atomic E-state index is -3.78. The molecule has 0 saturated heterocycles. The van der Waals surface area contributed by atoms with Crippen molar-refractivity contribution in [2.75, 3.05) is 6.54 Å². The molecular formula is C25H37N7O3S. The lowest BCUT2D eigenvalue weighted by atomic mass is 9.98. The van der Waals surface area contributed by atoms with Crippen molar-refractivity contribution in [3.05, 3.63) is 71.3 Å². The van der Waals surface area contributed by atoms with Gasteiger partial charge in [0.05, 0.1) is 17.8 Å². The van der Waals surface area contributed by atoms with Gasteiger partial charge in [-0.25, -0.2) is 13.1 Å². The number of hydrogen-bond donors (Lipinski definition) is 6. The number of nitrogens with two attached hydrogens (primary N) is 3. The Morgan fingerprint density at radius 1 is 0.972 bits per heavy atom. The van der Waals surface area contributed by atoms with Gasteiger partial charge in [-0.3, -0.25) is 15.2 Å². The number of hydrogen-bond acceptors (Lipinski definition) is 6. The first-order valence-corrected chi connectivity index (χ1v) is 13.6. The summed E-state index contributed by atoms with van der Waals surface area (Å²) in [6.45, 7) is 2.67. The molecule has 196 valence electrons. The minimum Gasteiger partial charge on any atom is -0.384 e. The quantitative estimate of drug-likeness (QED) is 0.110. The summed E-state index contributed by atoms with van der Waals surface area (Å²) in [4.78, 5) is 17.5. The molecule has 9 N–H and O–H groups in total. The molecule has 36 heavy (non-hydrogen) atoms. The Labute approximate surface area is 213 Å². The Hall–Kier alpha value is -3.28. The molecule has 0 unspecified atom stereocenters. The summed E-state index contributed by atoms with van der Waals surface area (Å²) in [6.07, 6.45) is 1.99. The van der Waals surface area contributed by atoms with E-state index in [1.54, 1.807) is 36.4 Å². The number of carbonyl (C=O) groups excluding carboxylic acids is 1. The van der Waals surface area contributed by atoms with Crippen molar-refractivity contribution in [1.82, 2.24) is 10.0 Å². The van der Waals surface area contributed by atoms with Gasteiger partial charge in [-0.2, -0.15) is 0 Å². The van der Waals surface area contributed by atoms with Gasteiger partial charge in [0.1, 0.15) is 5.84 Å². The standard InChI is InChI=1S/C25H37N7O3S/c1-2-7-21(31-16-18-11-13-20(14-12-18)24(26)27)23(33)22(10-6-15-30-25(28)29)32-36(34,35)17-19-8-4-3-5-9-19/h3-5,8-9,11-14,21-22,31-32H,2,6-7,10,15-17H2,1H3,(H3,26,27)(H4,28,29,30)/t21-,22+/m0/s1. The van der Waals surface area contributed by atoms with Crippen molar-refractivity contribution in [2.45, 2.75) is 57.0 Å². The minimum absolute atomic E-state index is 0.0140. The first-order valence-electron chi connectivity index (χ1n) is 11.9. The van der Waals surface area contributed by atoms with Crippen LogP contribution in [-0.4, -0.2) is 44.6 Å². The Morgan fingerprint density at radius 2 is 1.64 bits per heavy atom. The first kappa shape index (κ1) is 29.0. The summed E-state index contributed by atoms with van der Waals surface area (Å²) in [5.74, 6) is -0.512. The van der Waals surface area contributed by atoms with Crippen molar-refractivity contribution >= 4 is 27.6 Å². The molecule has 0 amide bonds. The lowest BCUT2D eigenvalue weighted by Gasteiger charge is -2.24. The van der Waals surface area contributed by atoms with Crippen LogP contribution in [0.3, 0.4) is 0 Å². The van der Waals surface area contributed by atoms with E-state index in [-0.39, 0.29) is 29.8 Å². The molecule has 0 aliphatic rings. The zero-order chi connectivity index (χ0) is 26.6. The number of nitrogens with one attached hydrogen (secondary N) is 3. The summed E-state index contributed by atoms with van der Waals surface area (Å²) >= 11 is 0. The summed E-state index contributed by atoms with van der Waals surface area (Å²) in [5.41, 5.74) is 18.5. The highest BCUT2D eigenvalue weighted by molar-refractivity contribution is 7.88. The molecule has 0 radical (unpaired) electrons. The van der Waals surface area contributed by atoms with Gasteiger partial charge in [-0.05, 0) is 30.4 Å². The second kappa shape index (κ2) is 14.3. The average Bonchev–Trinajstić information content (AvgIpc) is 2.83. The summed E-state index contributed by atoms with van der Waals surface area (Å²) in [5, 5.41) is 10.8. The van der Waals surface area contributed by atoms with Gasteiger partial charge in [0, 0.05) is 18.7 Å². The number of nitrogen functional groups attached to an aromatic ring is 1. The van der Waals surface area contributed by atoms with Crippen molar-refractivity contribution in [3.8, 4) is 0 Å². The van der Waals surface area contributed by atoms with Gasteiger partial charge in [0.25, 0.3) is 0 Å². The number of aliphatic imine (C=N–C) groups is 1. The smallest absolute Gasteiger partial charge is 0.216 e. The van der Waals surface area contributed by atoms with Crippen LogP contribution in [0.1, 0.15) is 49.3 Å². The second-order valence-electron chi connectivity index (χ2n) is 8.60. The maximum atomic E-state index is 13.5. The van der Waals surface area contributed by atoms with Crippen molar-refractivity contribution in [1.29, 1.82) is 5.41 Å². The van der Waals surface area contributed by atoms with Crippen molar-refractivity contribution in [3.63, 3.8) is 0 Å². The number of guanidine groups is 1. The number of sulfonamides is 1. The molecule has 0 fully saturated rings. The third-order valence-corrected chi connectivity index (χ3v) is 6.91. The highest BCUT2D eigenvalue weighted by Gasteiger charge is 2.29. The largest absolute Gasteiger partial charge is 0.384 e. The van der Waals surface area contributed by atoms with Crippen LogP contribution in [0.25, 0.3) is 0 Å². The van der Waals surface area contributed by atoms with Crippen molar-refractivity contribution < 1.29 is 13.2 Å². The monoisotopic (exact) mass is 515 g/mol. The highest BCUT2D eigenvalue weighted by Crippen LogP contribution is 2.12. The van der Waals surface area contributed by atoms with Gasteiger partial charge >= 0.3 is 0 Å². The number of amidine groups is 1. The van der Waals surface area contributed by atoms with E-state index in [0.717, 1.165) is 12.0 Å². The molecular weight excluding hydrogens is 478 g/mol. The molecule has 0 aliphatic heterocycles. The molecule has 0 spiro atoms. The lowest BCUT2D eigenvalue weighted by Crippen LogP contribution is -2.50. The third kappa shape index (κ3) is 10.1. The molecule has 0 aromatic heterocycles. The fourth-order valence-corrected chi connectivity index (χ4v) is 5.12. The number of carbonyl (C=O) groups is 1. The van der Waals surface area contributed by atoms with Crippen LogP contribution in [0.15, 0.2) is 59.6 Å². The van der Waals surface area contributed by atoms with E-state index in [1.807, 2.05) is 25.1 Å². The van der Waals surface area contributed by atoms with Crippen LogP contribution in [0, 0.1) is 5.41 Å². The van der Waals surface area contributed by atoms with E-state index in [2.05, 4.69) is 15.0 Å². The van der Waals surface area contributed by atoms with Crippen LogP contribution in [0.4, 0.5) is 0 Å². The van der Waals surface area contributed by atoms with E-state index in [1.165, 1.54) is 0 Å². The van der Waals surface area contributed by atoms with Crippen LogP contribution in [0.5, 0.6) is 0 Å². The number of ketones is 1. The molecule has 0 aliphatic carbocycles. The molecule has 0 heterocycles. The normalized spacial score (nSPS) is 13.0. The van der Waals surface area contributed by atoms with Crippen LogP contribution in [0.2, 0.25) is 0 Å². The topological polar surface area (TPSA) is 190 Å². The summed E-state index contributed by atoms with van der Waals surface area (Å²) < 4.78 is 28.5. The average molecular weight is 516 g/mol. The van der Waals surface area contributed by atoms with Crippen molar-refractivity contribution in [2.24, 2.45) is 22.2 Å². The van der Waals surface area contributed by atoms with Gasteiger partial charge in [-0.15, -0.1) is 0 Å². The maximum Gasteiger partial charge on any atom is 0.216 e. The zero-order valence-corrected chi connectivity index (χ0v) is 21.4. The summed E-state index contributed by atoms with van der Waals surface area (Å²) in [7, 11) is -3.78. The van der Waals surface area contributed by atoms with E-state index in [0.29, 0.717) is 37.1 Å². The summed E-state index contributed by atoms with van der Waals surface area (Å²) in [6, 6.07) is 14.5. The third-order valence-electron chi connectivity index (χ3n) is 5.55. The predicted octanol–water partition coefficient (Wildman–Crippen LogP) is 1.34. The Balaban J connectivity index is 2.15. The number of benzene rings is 2. The first-order chi connectivity index (χ1) is 17.1. The van der Waals surface area contributed by atoms with Crippen LogP contribution >= 0.6 is 0 Å². The Kier molecular flexibility index (Phi) is 11.5. The number of Topliss-reactive ketones (excluding diaryl/α,β-unsaturated/α-hetero) is 1. The second-order valence-corrected chi connectivity index (χ2v) is 10.4. The highest BCUT2D eigenvalue weighted by atomic mass is 32.2. The molecule has 2 rings (SSSR count). The van der Waals surface area contributed by atoms with E-state index >= 15 is 0 Å². The van der Waals surface area contributed by atoms with E-state index in [9.17, 15) is 13.2 Å². The van der Waals surface area contributed by atoms with Crippen LogP contribution in [-0.2, 0) is 27.1 Å². The predicted molar refractivity (Wildman–Crippen MR) is 144 cm³/mol. The van der Waals surface area contributed by atoms with E-state index < -0.39 is 22.1 Å².